The van der Waals surface area contributed by atoms with Crippen molar-refractivity contribution in [2.24, 2.45) is 11.8 Å². The minimum Gasteiger partial charge on any atom is -0.481 e. The predicted octanol–water partition coefficient (Wildman–Crippen LogP) is 2.08. The number of carboxylic acid groups (broad SMARTS) is 1. The summed E-state index contributed by atoms with van der Waals surface area (Å²) < 4.78 is 44.3. The number of hydrogen-bond donors (Lipinski definition) is 1. The number of carbonyl (C=O) groups excluding carboxylic acids is 1. The first-order valence-electron chi connectivity index (χ1n) is 7.32. The van der Waals surface area contributed by atoms with E-state index >= 15 is 0 Å². The van der Waals surface area contributed by atoms with Gasteiger partial charge in [0.15, 0.2) is 0 Å². The van der Waals surface area contributed by atoms with E-state index in [2.05, 4.69) is 0 Å². The molecule has 8 heteroatoms. The Bertz CT molecular complexity index is 775. The molecule has 24 heavy (non-hydrogen) atoms. The number of carbonyl (C=O) groups is 2. The molecule has 1 aromatic rings. The van der Waals surface area contributed by atoms with E-state index < -0.39 is 47.2 Å². The van der Waals surface area contributed by atoms with Crippen molar-refractivity contribution < 1.29 is 32.6 Å². The molecule has 2 fully saturated rings. The predicted molar refractivity (Wildman–Crippen MR) is 75.2 cm³/mol. The van der Waals surface area contributed by atoms with Crippen LogP contribution in [0.15, 0.2) is 36.4 Å². The highest BCUT2D eigenvalue weighted by Gasteiger charge is 2.67. The topological polar surface area (TPSA) is 66.8 Å². The highest BCUT2D eigenvalue weighted by molar-refractivity contribution is 6.02. The van der Waals surface area contributed by atoms with Crippen molar-refractivity contribution in [3.63, 3.8) is 0 Å². The van der Waals surface area contributed by atoms with E-state index in [1.54, 1.807) is 12.2 Å². The minimum absolute atomic E-state index is 0.00852. The summed E-state index contributed by atoms with van der Waals surface area (Å²) in [6.45, 7) is 0.00852. The van der Waals surface area contributed by atoms with Gasteiger partial charge in [-0.05, 0) is 18.2 Å². The number of alkyl halides is 3. The van der Waals surface area contributed by atoms with Crippen molar-refractivity contribution in [3.05, 3.63) is 42.0 Å². The van der Waals surface area contributed by atoms with E-state index in [1.165, 1.54) is 17.0 Å². The molecule has 0 aliphatic carbocycles. The standard InChI is InChI=1S/C16H12F3NO4/c17-16(18,19)8-2-1-3-9(6-8)20-7-15-5-4-10(24-15)11(14(22)23)12(15)13(20)21/h1-6,10-12H,7H2,(H,22,23)/t10-,11?,12?,15-/m0/s1. The summed E-state index contributed by atoms with van der Waals surface area (Å²) in [5.74, 6) is -3.60. The molecule has 2 bridgehead atoms. The van der Waals surface area contributed by atoms with Gasteiger partial charge in [0.05, 0.1) is 24.1 Å². The van der Waals surface area contributed by atoms with Crippen molar-refractivity contribution in [1.29, 1.82) is 0 Å². The van der Waals surface area contributed by atoms with Gasteiger partial charge in [-0.25, -0.2) is 0 Å². The van der Waals surface area contributed by atoms with Gasteiger partial charge in [0, 0.05) is 5.69 Å². The highest BCUT2D eigenvalue weighted by Crippen LogP contribution is 2.52. The molecule has 1 aromatic carbocycles. The molecule has 0 saturated carbocycles. The fourth-order valence-electron chi connectivity index (χ4n) is 3.85. The molecule has 3 heterocycles. The zero-order valence-corrected chi connectivity index (χ0v) is 12.2. The number of rotatable bonds is 2. The van der Waals surface area contributed by atoms with Crippen LogP contribution in [0.25, 0.3) is 0 Å². The van der Waals surface area contributed by atoms with Crippen LogP contribution in [0.3, 0.4) is 0 Å². The second-order valence-electron chi connectivity index (χ2n) is 6.21. The summed E-state index contributed by atoms with van der Waals surface area (Å²) in [7, 11) is 0. The average molecular weight is 339 g/mol. The smallest absolute Gasteiger partial charge is 0.416 e. The third-order valence-electron chi connectivity index (χ3n) is 4.87. The van der Waals surface area contributed by atoms with E-state index in [9.17, 15) is 27.9 Å². The first-order valence-corrected chi connectivity index (χ1v) is 7.32. The van der Waals surface area contributed by atoms with Crippen LogP contribution in [0.4, 0.5) is 18.9 Å². The summed E-state index contributed by atoms with van der Waals surface area (Å²) >= 11 is 0. The summed E-state index contributed by atoms with van der Waals surface area (Å²) in [5, 5.41) is 9.37. The van der Waals surface area contributed by atoms with Crippen molar-refractivity contribution in [2.45, 2.75) is 17.9 Å². The molecular formula is C16H12F3NO4. The van der Waals surface area contributed by atoms with Gasteiger partial charge >= 0.3 is 12.1 Å². The number of anilines is 1. The van der Waals surface area contributed by atoms with Crippen molar-refractivity contribution >= 4 is 17.6 Å². The van der Waals surface area contributed by atoms with E-state index in [0.29, 0.717) is 0 Å². The molecule has 0 aromatic heterocycles. The highest BCUT2D eigenvalue weighted by atomic mass is 19.4. The number of ether oxygens (including phenoxy) is 1. The number of halogens is 3. The van der Waals surface area contributed by atoms with Gasteiger partial charge in [-0.2, -0.15) is 13.2 Å². The quantitative estimate of drug-likeness (QED) is 0.838. The lowest BCUT2D eigenvalue weighted by Gasteiger charge is -2.22. The van der Waals surface area contributed by atoms with Crippen LogP contribution in [0.5, 0.6) is 0 Å². The van der Waals surface area contributed by atoms with Gasteiger partial charge in [-0.15, -0.1) is 0 Å². The van der Waals surface area contributed by atoms with E-state index in [1.807, 2.05) is 0 Å². The van der Waals surface area contributed by atoms with E-state index in [0.717, 1.165) is 12.1 Å². The maximum atomic E-state index is 12.9. The Balaban J connectivity index is 1.72. The number of nitrogens with zero attached hydrogens (tertiary/aromatic N) is 1. The Labute approximate surface area is 134 Å². The first-order chi connectivity index (χ1) is 11.2. The number of hydrogen-bond acceptors (Lipinski definition) is 3. The summed E-state index contributed by atoms with van der Waals surface area (Å²) in [6, 6.07) is 4.43. The average Bonchev–Trinajstić information content (AvgIpc) is 3.15. The van der Waals surface area contributed by atoms with Crippen LogP contribution in [0, 0.1) is 11.8 Å². The van der Waals surface area contributed by atoms with Gasteiger partial charge in [0.1, 0.15) is 11.5 Å². The molecule has 5 nitrogen and oxygen atoms in total. The molecule has 0 radical (unpaired) electrons. The van der Waals surface area contributed by atoms with E-state index in [-0.39, 0.29) is 12.2 Å². The summed E-state index contributed by atoms with van der Waals surface area (Å²) in [6.07, 6.45) is -1.92. The van der Waals surface area contributed by atoms with Crippen LogP contribution >= 0.6 is 0 Å². The largest absolute Gasteiger partial charge is 0.481 e. The van der Waals surface area contributed by atoms with Crippen LogP contribution in [-0.2, 0) is 20.5 Å². The molecule has 4 atom stereocenters. The number of aliphatic carboxylic acids is 1. The summed E-state index contributed by atoms with van der Waals surface area (Å²) in [4.78, 5) is 25.4. The van der Waals surface area contributed by atoms with Crippen molar-refractivity contribution in [2.75, 3.05) is 11.4 Å². The molecule has 3 aliphatic heterocycles. The second-order valence-corrected chi connectivity index (χ2v) is 6.21. The van der Waals surface area contributed by atoms with Gasteiger partial charge in [0.2, 0.25) is 5.91 Å². The molecule has 3 aliphatic rings. The fourth-order valence-corrected chi connectivity index (χ4v) is 3.85. The lowest BCUT2D eigenvalue weighted by atomic mass is 9.77. The van der Waals surface area contributed by atoms with Crippen LogP contribution in [0.2, 0.25) is 0 Å². The lowest BCUT2D eigenvalue weighted by Crippen LogP contribution is -2.39. The number of benzene rings is 1. The fraction of sp³-hybridized carbons (Fsp3) is 0.375. The third-order valence-corrected chi connectivity index (χ3v) is 4.87. The number of fused-ring (bicyclic) bond motifs is 1. The molecular weight excluding hydrogens is 327 g/mol. The zero-order valence-electron chi connectivity index (χ0n) is 12.2. The Morgan fingerprint density at radius 2 is 2.12 bits per heavy atom. The number of carboxylic acids is 1. The number of amides is 1. The maximum Gasteiger partial charge on any atom is 0.416 e. The monoisotopic (exact) mass is 339 g/mol. The lowest BCUT2D eigenvalue weighted by molar-refractivity contribution is -0.146. The second kappa shape index (κ2) is 4.60. The molecule has 1 amide bonds. The molecule has 2 unspecified atom stereocenters. The minimum atomic E-state index is -4.52. The Morgan fingerprint density at radius 3 is 2.79 bits per heavy atom. The molecule has 1 N–H and O–H groups in total. The summed E-state index contributed by atoms with van der Waals surface area (Å²) in [5.41, 5.74) is -1.85. The van der Waals surface area contributed by atoms with Crippen molar-refractivity contribution in [1.82, 2.24) is 0 Å². The maximum absolute atomic E-state index is 12.9. The van der Waals surface area contributed by atoms with Crippen LogP contribution < -0.4 is 4.90 Å². The molecule has 2 saturated heterocycles. The van der Waals surface area contributed by atoms with Gasteiger partial charge in [0.25, 0.3) is 0 Å². The van der Waals surface area contributed by atoms with Gasteiger partial charge in [-0.1, -0.05) is 18.2 Å². The van der Waals surface area contributed by atoms with Crippen LogP contribution in [-0.4, -0.2) is 35.2 Å². The Kier molecular flexibility index (Phi) is 2.91. The SMILES string of the molecule is O=C(O)C1C2C(=O)N(c3cccc(C(F)(F)F)c3)C[C@@]23C=C[C@@H]1O3. The van der Waals surface area contributed by atoms with Gasteiger partial charge in [-0.3, -0.25) is 9.59 Å². The van der Waals surface area contributed by atoms with Gasteiger partial charge < -0.3 is 14.7 Å². The van der Waals surface area contributed by atoms with Crippen molar-refractivity contribution in [3.8, 4) is 0 Å². The Hall–Kier alpha value is -2.35. The normalized spacial score (nSPS) is 34.0. The first kappa shape index (κ1) is 15.2. The van der Waals surface area contributed by atoms with Crippen LogP contribution in [0.1, 0.15) is 5.56 Å². The Morgan fingerprint density at radius 1 is 1.38 bits per heavy atom. The molecule has 126 valence electrons. The molecule has 1 spiro atoms. The third kappa shape index (κ3) is 1.92. The zero-order chi connectivity index (χ0) is 17.3. The molecule has 4 rings (SSSR count). The van der Waals surface area contributed by atoms with E-state index in [4.69, 9.17) is 4.74 Å².